The van der Waals surface area contributed by atoms with Gasteiger partial charge in [-0.15, -0.1) is 10.2 Å². The molecule has 0 aliphatic carbocycles. The van der Waals surface area contributed by atoms with Gasteiger partial charge in [-0.3, -0.25) is 0 Å². The molecule has 20 heavy (non-hydrogen) atoms. The lowest BCUT2D eigenvalue weighted by Gasteiger charge is -2.15. The topological polar surface area (TPSA) is 49.2 Å². The fourth-order valence-corrected chi connectivity index (χ4v) is 2.71. The quantitative estimate of drug-likeness (QED) is 0.891. The van der Waals surface area contributed by atoms with Crippen molar-refractivity contribution in [1.82, 2.24) is 10.2 Å². The number of nitrogens with zero attached hydrogens (tertiary/aromatic N) is 3. The van der Waals surface area contributed by atoms with Crippen LogP contribution >= 0.6 is 22.9 Å². The van der Waals surface area contributed by atoms with E-state index < -0.39 is 0 Å². The van der Waals surface area contributed by atoms with E-state index in [1.54, 1.807) is 18.3 Å². The number of hydrogen-bond acceptors (Lipinski definition) is 5. The van der Waals surface area contributed by atoms with Crippen molar-refractivity contribution in [2.75, 3.05) is 18.5 Å². The van der Waals surface area contributed by atoms with E-state index in [2.05, 4.69) is 10.2 Å². The first-order valence-corrected chi connectivity index (χ1v) is 7.70. The molecule has 0 saturated carbocycles. The number of benzene rings is 1. The highest BCUT2D eigenvalue weighted by Crippen LogP contribution is 2.22. The highest BCUT2D eigenvalue weighted by atomic mass is 35.5. The summed E-state index contributed by atoms with van der Waals surface area (Å²) in [5, 5.41) is 20.3. The Bertz CT molecular complexity index is 542. The molecule has 0 bridgehead atoms. The molecule has 2 rings (SSSR count). The van der Waals surface area contributed by atoms with E-state index in [-0.39, 0.29) is 6.10 Å². The molecule has 0 radical (unpaired) electrons. The minimum Gasteiger partial charge on any atom is -0.393 e. The standard InChI is InChI=1S/C14H18ClN3OS/c1-10(19)7-8-18(2)14-17-16-13(20-14)9-11-3-5-12(15)6-4-11/h3-6,10,19H,7-9H2,1-2H3. The Morgan fingerprint density at radius 2 is 2.00 bits per heavy atom. The second kappa shape index (κ2) is 7.02. The maximum absolute atomic E-state index is 9.30. The van der Waals surface area contributed by atoms with Crippen LogP contribution in [0.1, 0.15) is 23.9 Å². The number of aromatic nitrogens is 2. The fraction of sp³-hybridized carbons (Fsp3) is 0.429. The van der Waals surface area contributed by atoms with Crippen LogP contribution < -0.4 is 4.90 Å². The third-order valence-electron chi connectivity index (χ3n) is 2.93. The lowest BCUT2D eigenvalue weighted by molar-refractivity contribution is 0.187. The number of aliphatic hydroxyl groups excluding tert-OH is 1. The van der Waals surface area contributed by atoms with Crippen molar-refractivity contribution in [3.05, 3.63) is 39.9 Å². The molecule has 1 aromatic heterocycles. The summed E-state index contributed by atoms with van der Waals surface area (Å²) in [4.78, 5) is 2.02. The van der Waals surface area contributed by atoms with Crippen LogP contribution in [0.4, 0.5) is 5.13 Å². The van der Waals surface area contributed by atoms with E-state index in [0.29, 0.717) is 0 Å². The van der Waals surface area contributed by atoms with Gasteiger partial charge in [0.25, 0.3) is 0 Å². The van der Waals surface area contributed by atoms with E-state index in [9.17, 15) is 5.11 Å². The fourth-order valence-electron chi connectivity index (χ4n) is 1.72. The Balaban J connectivity index is 1.96. The molecular formula is C14H18ClN3OS. The molecular weight excluding hydrogens is 294 g/mol. The predicted octanol–water partition coefficient (Wildman–Crippen LogP) is 2.99. The molecule has 0 spiro atoms. The summed E-state index contributed by atoms with van der Waals surface area (Å²) in [5.74, 6) is 0. The largest absolute Gasteiger partial charge is 0.393 e. The zero-order valence-corrected chi connectivity index (χ0v) is 13.2. The van der Waals surface area contributed by atoms with Crippen LogP contribution in [-0.4, -0.2) is 35.0 Å². The minimum absolute atomic E-state index is 0.293. The van der Waals surface area contributed by atoms with Gasteiger partial charge in [0.05, 0.1) is 6.10 Å². The Labute approximate surface area is 128 Å². The van der Waals surface area contributed by atoms with E-state index in [1.807, 2.05) is 36.2 Å². The van der Waals surface area contributed by atoms with Crippen LogP contribution in [-0.2, 0) is 6.42 Å². The summed E-state index contributed by atoms with van der Waals surface area (Å²) in [6.45, 7) is 2.56. The van der Waals surface area contributed by atoms with E-state index in [1.165, 1.54) is 5.56 Å². The number of halogens is 1. The number of aliphatic hydroxyl groups is 1. The monoisotopic (exact) mass is 311 g/mol. The Morgan fingerprint density at radius 3 is 2.65 bits per heavy atom. The van der Waals surface area contributed by atoms with Crippen molar-refractivity contribution in [2.24, 2.45) is 0 Å². The van der Waals surface area contributed by atoms with Gasteiger partial charge in [-0.05, 0) is 31.0 Å². The average Bonchev–Trinajstić information content (AvgIpc) is 2.87. The lowest BCUT2D eigenvalue weighted by Crippen LogP contribution is -2.21. The summed E-state index contributed by atoms with van der Waals surface area (Å²) < 4.78 is 0. The van der Waals surface area contributed by atoms with Crippen LogP contribution in [0.2, 0.25) is 5.02 Å². The van der Waals surface area contributed by atoms with Crippen LogP contribution in [0.15, 0.2) is 24.3 Å². The first-order valence-electron chi connectivity index (χ1n) is 6.50. The summed E-state index contributed by atoms with van der Waals surface area (Å²) in [6.07, 6.45) is 1.20. The minimum atomic E-state index is -0.293. The van der Waals surface area contributed by atoms with Gasteiger partial charge in [-0.2, -0.15) is 0 Å². The molecule has 1 aromatic carbocycles. The van der Waals surface area contributed by atoms with Gasteiger partial charge in [-0.25, -0.2) is 0 Å². The average molecular weight is 312 g/mol. The summed E-state index contributed by atoms with van der Waals surface area (Å²) >= 11 is 7.45. The highest BCUT2D eigenvalue weighted by Gasteiger charge is 2.10. The van der Waals surface area contributed by atoms with Gasteiger partial charge in [0.2, 0.25) is 5.13 Å². The van der Waals surface area contributed by atoms with Crippen LogP contribution in [0, 0.1) is 0 Å². The van der Waals surface area contributed by atoms with Gasteiger partial charge >= 0.3 is 0 Å². The van der Waals surface area contributed by atoms with Crippen LogP contribution in [0.5, 0.6) is 0 Å². The Hall–Kier alpha value is -1.17. The third-order valence-corrected chi connectivity index (χ3v) is 4.22. The summed E-state index contributed by atoms with van der Waals surface area (Å²) in [7, 11) is 1.97. The normalized spacial score (nSPS) is 12.4. The zero-order valence-electron chi connectivity index (χ0n) is 11.6. The molecule has 108 valence electrons. The van der Waals surface area contributed by atoms with Gasteiger partial charge in [0.15, 0.2) is 0 Å². The predicted molar refractivity (Wildman–Crippen MR) is 83.7 cm³/mol. The van der Waals surface area contributed by atoms with Crippen LogP contribution in [0.3, 0.4) is 0 Å². The van der Waals surface area contributed by atoms with Crippen molar-refractivity contribution in [2.45, 2.75) is 25.9 Å². The number of rotatable bonds is 6. The molecule has 4 nitrogen and oxygen atoms in total. The highest BCUT2D eigenvalue weighted by molar-refractivity contribution is 7.15. The maximum Gasteiger partial charge on any atom is 0.208 e. The smallest absolute Gasteiger partial charge is 0.208 e. The third kappa shape index (κ3) is 4.44. The molecule has 1 N–H and O–H groups in total. The molecule has 0 fully saturated rings. The SMILES string of the molecule is CC(O)CCN(C)c1nnc(Cc2ccc(Cl)cc2)s1. The summed E-state index contributed by atoms with van der Waals surface area (Å²) in [5.41, 5.74) is 1.17. The number of hydrogen-bond donors (Lipinski definition) is 1. The van der Waals surface area contributed by atoms with Gasteiger partial charge in [-0.1, -0.05) is 35.1 Å². The van der Waals surface area contributed by atoms with Gasteiger partial charge < -0.3 is 10.0 Å². The first kappa shape index (κ1) is 15.2. The van der Waals surface area contributed by atoms with Crippen molar-refractivity contribution in [3.63, 3.8) is 0 Å². The first-order chi connectivity index (χ1) is 9.54. The zero-order chi connectivity index (χ0) is 14.5. The van der Waals surface area contributed by atoms with E-state index in [0.717, 1.165) is 34.5 Å². The van der Waals surface area contributed by atoms with Gasteiger partial charge in [0, 0.05) is 25.0 Å². The molecule has 0 aliphatic heterocycles. The molecule has 0 amide bonds. The van der Waals surface area contributed by atoms with Gasteiger partial charge in [0.1, 0.15) is 5.01 Å². The molecule has 1 unspecified atom stereocenters. The Kier molecular flexibility index (Phi) is 5.34. The molecule has 1 heterocycles. The molecule has 0 aliphatic rings. The lowest BCUT2D eigenvalue weighted by atomic mass is 10.2. The Morgan fingerprint density at radius 1 is 1.30 bits per heavy atom. The molecule has 1 atom stereocenters. The van der Waals surface area contributed by atoms with Crippen LogP contribution in [0.25, 0.3) is 0 Å². The van der Waals surface area contributed by atoms with Crippen molar-refractivity contribution < 1.29 is 5.11 Å². The molecule has 6 heteroatoms. The second-order valence-corrected chi connectivity index (χ2v) is 6.32. The molecule has 2 aromatic rings. The van der Waals surface area contributed by atoms with Crippen molar-refractivity contribution in [1.29, 1.82) is 0 Å². The summed E-state index contributed by atoms with van der Waals surface area (Å²) in [6, 6.07) is 7.77. The van der Waals surface area contributed by atoms with Crippen molar-refractivity contribution in [3.8, 4) is 0 Å². The second-order valence-electron chi connectivity index (χ2n) is 4.84. The van der Waals surface area contributed by atoms with E-state index >= 15 is 0 Å². The number of anilines is 1. The maximum atomic E-state index is 9.30. The molecule has 0 saturated heterocycles. The van der Waals surface area contributed by atoms with E-state index in [4.69, 9.17) is 11.6 Å². The van der Waals surface area contributed by atoms with Crippen molar-refractivity contribution >= 4 is 28.1 Å².